The molecule has 0 bridgehead atoms. The Balaban J connectivity index is 2.35. The Morgan fingerprint density at radius 3 is 2.39 bits per heavy atom. The summed E-state index contributed by atoms with van der Waals surface area (Å²) in [5.41, 5.74) is 4.98. The van der Waals surface area contributed by atoms with Crippen LogP contribution in [0.25, 0.3) is 0 Å². The lowest BCUT2D eigenvalue weighted by molar-refractivity contribution is 0.330. The van der Waals surface area contributed by atoms with Crippen LogP contribution >= 0.6 is 15.9 Å². The van der Waals surface area contributed by atoms with Crippen LogP contribution in [0, 0.1) is 5.41 Å². The van der Waals surface area contributed by atoms with E-state index in [1.807, 2.05) is 0 Å². The Hall–Kier alpha value is -0.300. The number of hydrogen-bond donors (Lipinski definition) is 0. The Morgan fingerprint density at radius 2 is 1.83 bits per heavy atom. The van der Waals surface area contributed by atoms with Crippen molar-refractivity contribution in [3.05, 3.63) is 34.9 Å². The predicted octanol–water partition coefficient (Wildman–Crippen LogP) is 5.83. The Morgan fingerprint density at radius 1 is 1.17 bits per heavy atom. The third kappa shape index (κ3) is 2.66. The van der Waals surface area contributed by atoms with Crippen LogP contribution in [-0.4, -0.2) is 0 Å². The normalized spacial score (nSPS) is 20.0. The van der Waals surface area contributed by atoms with Crippen molar-refractivity contribution in [3.63, 3.8) is 0 Å². The molecule has 1 aliphatic carbocycles. The second kappa shape index (κ2) is 5.77. The lowest BCUT2D eigenvalue weighted by Gasteiger charge is -2.31. The van der Waals surface area contributed by atoms with E-state index in [2.05, 4.69) is 54.9 Å². The monoisotopic (exact) mass is 308 g/mol. The molecule has 0 spiro atoms. The zero-order valence-electron chi connectivity index (χ0n) is 11.9. The van der Waals surface area contributed by atoms with Gasteiger partial charge in [-0.2, -0.15) is 0 Å². The largest absolute Gasteiger partial charge is 0.0833 e. The molecule has 0 nitrogen and oxygen atoms in total. The quantitative estimate of drug-likeness (QED) is 0.614. The molecule has 0 aromatic heterocycles. The van der Waals surface area contributed by atoms with Crippen molar-refractivity contribution >= 4 is 15.9 Å². The number of benzene rings is 1. The van der Waals surface area contributed by atoms with Gasteiger partial charge in [0.05, 0.1) is 0 Å². The molecule has 1 aromatic rings. The highest BCUT2D eigenvalue weighted by atomic mass is 79.9. The van der Waals surface area contributed by atoms with Gasteiger partial charge in [-0.3, -0.25) is 0 Å². The first-order valence-electron chi connectivity index (χ1n) is 7.36. The second-order valence-electron chi connectivity index (χ2n) is 5.96. The molecular weight excluding hydrogens is 284 g/mol. The maximum absolute atomic E-state index is 4.02. The Bertz CT molecular complexity index is 402. The van der Waals surface area contributed by atoms with Crippen molar-refractivity contribution in [2.75, 3.05) is 0 Å². The number of halogens is 1. The minimum absolute atomic E-state index is 0.455. The minimum Gasteiger partial charge on any atom is -0.0833 e. The van der Waals surface area contributed by atoms with Gasteiger partial charge in [-0.25, -0.2) is 0 Å². The average Bonchev–Trinajstić information content (AvgIpc) is 2.85. The molecule has 1 aliphatic rings. The smallest absolute Gasteiger partial charge is 0.0451 e. The summed E-state index contributed by atoms with van der Waals surface area (Å²) in [6.45, 7) is 6.96. The molecule has 1 aromatic carbocycles. The maximum Gasteiger partial charge on any atom is 0.0451 e. The van der Waals surface area contributed by atoms with Gasteiger partial charge in [-0.15, -0.1) is 0 Å². The van der Waals surface area contributed by atoms with Gasteiger partial charge >= 0.3 is 0 Å². The molecule has 1 atom stereocenters. The number of aryl methyl sites for hydroxylation is 2. The summed E-state index contributed by atoms with van der Waals surface area (Å²) in [5.74, 6) is 0. The van der Waals surface area contributed by atoms with Gasteiger partial charge < -0.3 is 0 Å². The van der Waals surface area contributed by atoms with Crippen molar-refractivity contribution in [2.45, 2.75) is 64.1 Å². The van der Waals surface area contributed by atoms with E-state index in [1.54, 1.807) is 5.56 Å². The van der Waals surface area contributed by atoms with Gasteiger partial charge in [-0.05, 0) is 47.8 Å². The van der Waals surface area contributed by atoms with E-state index in [-0.39, 0.29) is 0 Å². The van der Waals surface area contributed by atoms with Crippen LogP contribution in [0.1, 0.15) is 68.0 Å². The zero-order chi connectivity index (χ0) is 13.2. The Labute approximate surface area is 120 Å². The molecule has 0 aliphatic heterocycles. The molecule has 0 N–H and O–H groups in total. The minimum atomic E-state index is 0.455. The van der Waals surface area contributed by atoms with E-state index >= 15 is 0 Å². The molecule has 18 heavy (non-hydrogen) atoms. The second-order valence-corrected chi connectivity index (χ2v) is 6.88. The maximum atomic E-state index is 4.02. The summed E-state index contributed by atoms with van der Waals surface area (Å²) in [6, 6.07) is 7.06. The highest BCUT2D eigenvalue weighted by Gasteiger charge is 2.37. The summed E-state index contributed by atoms with van der Waals surface area (Å²) in [5, 5.41) is 0. The number of hydrogen-bond acceptors (Lipinski definition) is 0. The van der Waals surface area contributed by atoms with E-state index < -0.39 is 0 Å². The van der Waals surface area contributed by atoms with E-state index in [9.17, 15) is 0 Å². The van der Waals surface area contributed by atoms with Crippen LogP contribution in [0.5, 0.6) is 0 Å². The molecule has 0 heterocycles. The Kier molecular flexibility index (Phi) is 4.53. The van der Waals surface area contributed by atoms with Crippen molar-refractivity contribution in [1.29, 1.82) is 0 Å². The standard InChI is InChI=1S/C17H25Br/c1-4-13-8-9-14(5-2)15(12-13)16(18)17(3)10-6-7-11-17/h8-9,12,16H,4-7,10-11H2,1-3H3. The summed E-state index contributed by atoms with van der Waals surface area (Å²) in [6.07, 6.45) is 7.79. The molecule has 0 saturated heterocycles. The lowest BCUT2D eigenvalue weighted by Crippen LogP contribution is -2.19. The highest BCUT2D eigenvalue weighted by molar-refractivity contribution is 9.09. The van der Waals surface area contributed by atoms with Crippen LogP contribution in [-0.2, 0) is 12.8 Å². The van der Waals surface area contributed by atoms with E-state index in [0.29, 0.717) is 10.2 Å². The van der Waals surface area contributed by atoms with Gasteiger partial charge in [-0.1, -0.05) is 67.7 Å². The van der Waals surface area contributed by atoms with Crippen LogP contribution in [0.2, 0.25) is 0 Å². The van der Waals surface area contributed by atoms with E-state index in [1.165, 1.54) is 36.8 Å². The molecule has 2 rings (SSSR count). The van der Waals surface area contributed by atoms with Gasteiger partial charge in [0.1, 0.15) is 0 Å². The first-order chi connectivity index (χ1) is 8.60. The third-order valence-corrected chi connectivity index (χ3v) is 6.23. The topological polar surface area (TPSA) is 0 Å². The highest BCUT2D eigenvalue weighted by Crippen LogP contribution is 2.52. The van der Waals surface area contributed by atoms with Crippen molar-refractivity contribution < 1.29 is 0 Å². The number of alkyl halides is 1. The lowest BCUT2D eigenvalue weighted by atomic mass is 9.80. The van der Waals surface area contributed by atoms with Gasteiger partial charge in [0, 0.05) is 4.83 Å². The van der Waals surface area contributed by atoms with E-state index in [4.69, 9.17) is 0 Å². The van der Waals surface area contributed by atoms with Crippen molar-refractivity contribution in [1.82, 2.24) is 0 Å². The van der Waals surface area contributed by atoms with E-state index in [0.717, 1.165) is 12.8 Å². The van der Waals surface area contributed by atoms with Gasteiger partial charge in [0.25, 0.3) is 0 Å². The molecule has 1 heteroatoms. The van der Waals surface area contributed by atoms with Gasteiger partial charge in [0.2, 0.25) is 0 Å². The van der Waals surface area contributed by atoms with Crippen LogP contribution in [0.4, 0.5) is 0 Å². The fourth-order valence-electron chi connectivity index (χ4n) is 3.23. The molecule has 1 fully saturated rings. The summed E-state index contributed by atoms with van der Waals surface area (Å²) < 4.78 is 0. The molecule has 1 unspecified atom stereocenters. The molecule has 0 amide bonds. The fourth-order valence-corrected chi connectivity index (χ4v) is 4.12. The summed E-state index contributed by atoms with van der Waals surface area (Å²) >= 11 is 4.02. The van der Waals surface area contributed by atoms with Crippen LogP contribution in [0.3, 0.4) is 0 Å². The average molecular weight is 309 g/mol. The predicted molar refractivity (Wildman–Crippen MR) is 83.4 cm³/mol. The zero-order valence-corrected chi connectivity index (χ0v) is 13.5. The molecule has 100 valence electrons. The first kappa shape index (κ1) is 14.1. The summed E-state index contributed by atoms with van der Waals surface area (Å²) in [4.78, 5) is 0.522. The molecule has 1 saturated carbocycles. The van der Waals surface area contributed by atoms with Crippen molar-refractivity contribution in [3.8, 4) is 0 Å². The SMILES string of the molecule is CCc1ccc(CC)c(C(Br)C2(C)CCCC2)c1. The molecular formula is C17H25Br. The third-order valence-electron chi connectivity index (χ3n) is 4.63. The number of rotatable bonds is 4. The van der Waals surface area contributed by atoms with Crippen LogP contribution < -0.4 is 0 Å². The molecule has 0 radical (unpaired) electrons. The van der Waals surface area contributed by atoms with Crippen LogP contribution in [0.15, 0.2) is 18.2 Å². The summed E-state index contributed by atoms with van der Waals surface area (Å²) in [7, 11) is 0. The van der Waals surface area contributed by atoms with Crippen molar-refractivity contribution in [2.24, 2.45) is 5.41 Å². The van der Waals surface area contributed by atoms with Gasteiger partial charge in [0.15, 0.2) is 0 Å². The first-order valence-corrected chi connectivity index (χ1v) is 8.28. The fraction of sp³-hybridized carbons (Fsp3) is 0.647.